The smallest absolute Gasteiger partial charge is 0.253 e. The lowest BCUT2D eigenvalue weighted by atomic mass is 10.1. The van der Waals surface area contributed by atoms with Crippen molar-refractivity contribution in [2.45, 2.75) is 26.7 Å². The first kappa shape index (κ1) is 20.8. The molecule has 1 fully saturated rings. The van der Waals surface area contributed by atoms with Crippen LogP contribution in [-0.4, -0.2) is 52.8 Å². The molecule has 1 aromatic heterocycles. The fraction of sp³-hybridized carbons (Fsp3) is 0.320. The molecule has 2 amide bonds. The number of aryl methyl sites for hydroxylation is 3. The van der Waals surface area contributed by atoms with Gasteiger partial charge in [-0.1, -0.05) is 30.3 Å². The molecule has 0 spiro atoms. The molecule has 3 aromatic rings. The van der Waals surface area contributed by atoms with Crippen LogP contribution in [-0.2, 0) is 11.2 Å². The van der Waals surface area contributed by atoms with E-state index in [0.29, 0.717) is 50.5 Å². The molecule has 0 atom stereocenters. The van der Waals surface area contributed by atoms with Crippen molar-refractivity contribution < 1.29 is 14.0 Å². The van der Waals surface area contributed by atoms with Crippen LogP contribution in [0.25, 0.3) is 11.3 Å². The van der Waals surface area contributed by atoms with Gasteiger partial charge in [-0.25, -0.2) is 4.98 Å². The Morgan fingerprint density at radius 2 is 1.65 bits per heavy atom. The zero-order valence-electron chi connectivity index (χ0n) is 18.0. The summed E-state index contributed by atoms with van der Waals surface area (Å²) in [6.45, 7) is 6.36. The Morgan fingerprint density at radius 1 is 0.935 bits per heavy atom. The fourth-order valence-electron chi connectivity index (χ4n) is 3.75. The Kier molecular flexibility index (Phi) is 6.16. The van der Waals surface area contributed by atoms with Gasteiger partial charge in [0.25, 0.3) is 5.91 Å². The Morgan fingerprint density at radius 3 is 2.35 bits per heavy atom. The molecule has 0 radical (unpaired) electrons. The number of amides is 2. The number of aromatic nitrogens is 1. The van der Waals surface area contributed by atoms with Crippen molar-refractivity contribution in [1.29, 1.82) is 0 Å². The number of hydrogen-bond acceptors (Lipinski definition) is 4. The van der Waals surface area contributed by atoms with E-state index in [1.807, 2.05) is 46.2 Å². The van der Waals surface area contributed by atoms with Crippen molar-refractivity contribution in [3.63, 3.8) is 0 Å². The summed E-state index contributed by atoms with van der Waals surface area (Å²) in [5, 5.41) is 0. The van der Waals surface area contributed by atoms with E-state index in [0.717, 1.165) is 11.3 Å². The molecule has 2 heterocycles. The molecule has 1 aliphatic rings. The van der Waals surface area contributed by atoms with Gasteiger partial charge in [0.15, 0.2) is 11.7 Å². The standard InChI is InChI=1S/C25H27N3O3/c1-18-8-9-21(16-19(18)2)22-17-26-23(31-22)10-11-24(29)27-12-14-28(15-13-27)25(30)20-6-4-3-5-7-20/h3-9,16-17H,10-15H2,1-2H3. The van der Waals surface area contributed by atoms with Crippen LogP contribution in [0.1, 0.15) is 33.8 Å². The van der Waals surface area contributed by atoms with Crippen LogP contribution in [0.2, 0.25) is 0 Å². The van der Waals surface area contributed by atoms with Crippen molar-refractivity contribution in [2.75, 3.05) is 26.2 Å². The Labute approximate surface area is 182 Å². The molecule has 6 heteroatoms. The molecule has 1 saturated heterocycles. The maximum Gasteiger partial charge on any atom is 0.253 e. The molecular weight excluding hydrogens is 390 g/mol. The molecule has 4 rings (SSSR count). The van der Waals surface area contributed by atoms with Crippen LogP contribution >= 0.6 is 0 Å². The topological polar surface area (TPSA) is 66.7 Å². The zero-order chi connectivity index (χ0) is 21.8. The van der Waals surface area contributed by atoms with Gasteiger partial charge in [-0.3, -0.25) is 9.59 Å². The van der Waals surface area contributed by atoms with Gasteiger partial charge in [0.1, 0.15) is 0 Å². The number of carbonyl (C=O) groups is 2. The molecule has 0 N–H and O–H groups in total. The fourth-order valence-corrected chi connectivity index (χ4v) is 3.75. The number of benzene rings is 2. The minimum atomic E-state index is 0.0198. The average Bonchev–Trinajstić information content (AvgIpc) is 3.28. The van der Waals surface area contributed by atoms with Gasteiger partial charge in [0.05, 0.1) is 6.20 Å². The first-order valence-electron chi connectivity index (χ1n) is 10.7. The Balaban J connectivity index is 1.28. The van der Waals surface area contributed by atoms with E-state index in [-0.39, 0.29) is 11.8 Å². The summed E-state index contributed by atoms with van der Waals surface area (Å²) < 4.78 is 5.87. The molecule has 0 unspecified atom stereocenters. The van der Waals surface area contributed by atoms with Crippen LogP contribution in [0.4, 0.5) is 0 Å². The number of rotatable bonds is 5. The number of oxazole rings is 1. The van der Waals surface area contributed by atoms with E-state index in [4.69, 9.17) is 4.42 Å². The van der Waals surface area contributed by atoms with Gasteiger partial charge in [0, 0.05) is 50.1 Å². The molecule has 1 aliphatic heterocycles. The highest BCUT2D eigenvalue weighted by Gasteiger charge is 2.24. The van der Waals surface area contributed by atoms with Gasteiger partial charge in [-0.15, -0.1) is 0 Å². The first-order valence-corrected chi connectivity index (χ1v) is 10.7. The normalized spacial score (nSPS) is 14.0. The maximum absolute atomic E-state index is 12.6. The third-order valence-electron chi connectivity index (χ3n) is 5.84. The third-order valence-corrected chi connectivity index (χ3v) is 5.84. The van der Waals surface area contributed by atoms with Gasteiger partial charge in [-0.2, -0.15) is 0 Å². The Bertz CT molecular complexity index is 1070. The second-order valence-corrected chi connectivity index (χ2v) is 7.96. The van der Waals surface area contributed by atoms with Crippen molar-refractivity contribution in [3.05, 3.63) is 77.3 Å². The van der Waals surface area contributed by atoms with Crippen LogP contribution in [0.15, 0.2) is 59.1 Å². The summed E-state index contributed by atoms with van der Waals surface area (Å²) >= 11 is 0. The van der Waals surface area contributed by atoms with Crippen LogP contribution in [0, 0.1) is 13.8 Å². The largest absolute Gasteiger partial charge is 0.441 e. The van der Waals surface area contributed by atoms with Crippen LogP contribution < -0.4 is 0 Å². The lowest BCUT2D eigenvalue weighted by Gasteiger charge is -2.34. The van der Waals surface area contributed by atoms with Crippen molar-refractivity contribution in [2.24, 2.45) is 0 Å². The van der Waals surface area contributed by atoms with Crippen molar-refractivity contribution in [3.8, 4) is 11.3 Å². The molecule has 6 nitrogen and oxygen atoms in total. The lowest BCUT2D eigenvalue weighted by Crippen LogP contribution is -2.50. The number of carbonyl (C=O) groups excluding carboxylic acids is 2. The average molecular weight is 418 g/mol. The number of hydrogen-bond donors (Lipinski definition) is 0. The predicted octanol–water partition coefficient (Wildman–Crippen LogP) is 3.88. The second kappa shape index (κ2) is 9.16. The Hall–Kier alpha value is -3.41. The monoisotopic (exact) mass is 417 g/mol. The summed E-state index contributed by atoms with van der Waals surface area (Å²) in [6.07, 6.45) is 2.53. The van der Waals surface area contributed by atoms with Crippen molar-refractivity contribution >= 4 is 11.8 Å². The summed E-state index contributed by atoms with van der Waals surface area (Å²) in [6, 6.07) is 15.4. The zero-order valence-corrected chi connectivity index (χ0v) is 18.0. The van der Waals surface area contributed by atoms with E-state index in [9.17, 15) is 9.59 Å². The van der Waals surface area contributed by atoms with E-state index in [2.05, 4.69) is 31.0 Å². The summed E-state index contributed by atoms with van der Waals surface area (Å²) in [7, 11) is 0. The SMILES string of the molecule is Cc1ccc(-c2cnc(CCC(=O)N3CCN(C(=O)c4ccccc4)CC3)o2)cc1C. The second-order valence-electron chi connectivity index (χ2n) is 7.96. The molecule has 0 aliphatic carbocycles. The van der Waals surface area contributed by atoms with E-state index < -0.39 is 0 Å². The number of nitrogens with zero attached hydrogens (tertiary/aromatic N) is 3. The quantitative estimate of drug-likeness (QED) is 0.632. The molecule has 0 saturated carbocycles. The maximum atomic E-state index is 12.6. The summed E-state index contributed by atoms with van der Waals surface area (Å²) in [4.78, 5) is 33.1. The first-order chi connectivity index (χ1) is 15.0. The summed E-state index contributed by atoms with van der Waals surface area (Å²) in [5.41, 5.74) is 4.12. The van der Waals surface area contributed by atoms with Gasteiger partial charge in [0.2, 0.25) is 5.91 Å². The predicted molar refractivity (Wildman–Crippen MR) is 119 cm³/mol. The minimum Gasteiger partial charge on any atom is -0.441 e. The highest BCUT2D eigenvalue weighted by Crippen LogP contribution is 2.23. The summed E-state index contributed by atoms with van der Waals surface area (Å²) in [5.74, 6) is 1.38. The molecule has 160 valence electrons. The van der Waals surface area contributed by atoms with E-state index in [1.165, 1.54) is 11.1 Å². The number of piperazine rings is 1. The molecule has 2 aromatic carbocycles. The molecular formula is C25H27N3O3. The minimum absolute atomic E-state index is 0.0198. The van der Waals surface area contributed by atoms with Gasteiger partial charge < -0.3 is 14.2 Å². The highest BCUT2D eigenvalue weighted by molar-refractivity contribution is 5.94. The van der Waals surface area contributed by atoms with E-state index in [1.54, 1.807) is 6.20 Å². The van der Waals surface area contributed by atoms with Crippen molar-refractivity contribution in [1.82, 2.24) is 14.8 Å². The molecule has 31 heavy (non-hydrogen) atoms. The van der Waals surface area contributed by atoms with E-state index >= 15 is 0 Å². The lowest BCUT2D eigenvalue weighted by molar-refractivity contribution is -0.132. The van der Waals surface area contributed by atoms with Gasteiger partial charge >= 0.3 is 0 Å². The van der Waals surface area contributed by atoms with Crippen LogP contribution in [0.5, 0.6) is 0 Å². The molecule has 0 bridgehead atoms. The third kappa shape index (κ3) is 4.85. The van der Waals surface area contributed by atoms with Gasteiger partial charge in [-0.05, 0) is 43.2 Å². The van der Waals surface area contributed by atoms with Crippen LogP contribution in [0.3, 0.4) is 0 Å². The highest BCUT2D eigenvalue weighted by atomic mass is 16.4.